The van der Waals surface area contributed by atoms with E-state index in [9.17, 15) is 8.78 Å². The molecule has 0 aliphatic rings. The Morgan fingerprint density at radius 2 is 2.00 bits per heavy atom. The van der Waals surface area contributed by atoms with E-state index in [1.807, 2.05) is 0 Å². The molecule has 1 heterocycles. The summed E-state index contributed by atoms with van der Waals surface area (Å²) in [4.78, 5) is 4.06. The number of halogens is 2. The van der Waals surface area contributed by atoms with E-state index in [1.54, 1.807) is 6.07 Å². The van der Waals surface area contributed by atoms with Gasteiger partial charge in [-0.15, -0.1) is 0 Å². The zero-order chi connectivity index (χ0) is 10.8. The van der Waals surface area contributed by atoms with Crippen molar-refractivity contribution in [3.8, 4) is 0 Å². The van der Waals surface area contributed by atoms with Crippen molar-refractivity contribution in [3.63, 3.8) is 0 Å². The van der Waals surface area contributed by atoms with Crippen LogP contribution in [0, 0.1) is 0 Å². The second-order valence-corrected chi connectivity index (χ2v) is 4.01. The minimum atomic E-state index is -2.43. The molecule has 0 saturated heterocycles. The second kappa shape index (κ2) is 4.03. The minimum absolute atomic E-state index is 0.0133. The molecule has 0 unspecified atom stereocenters. The van der Waals surface area contributed by atoms with Crippen molar-refractivity contribution >= 4 is 0 Å². The van der Waals surface area contributed by atoms with Crippen LogP contribution in [0.15, 0.2) is 18.3 Å². The molecule has 0 spiro atoms. The smallest absolute Gasteiger partial charge is 0.260 e. The third-order valence-corrected chi connectivity index (χ3v) is 2.62. The van der Waals surface area contributed by atoms with Gasteiger partial charge in [-0.25, -0.2) is 8.78 Å². The number of alkyl halides is 2. The van der Waals surface area contributed by atoms with Crippen molar-refractivity contribution in [3.05, 3.63) is 29.6 Å². The van der Waals surface area contributed by atoms with Gasteiger partial charge in [0.2, 0.25) is 0 Å². The van der Waals surface area contributed by atoms with Crippen LogP contribution in [-0.2, 0) is 5.41 Å². The predicted molar refractivity (Wildman–Crippen MR) is 52.5 cm³/mol. The van der Waals surface area contributed by atoms with Crippen molar-refractivity contribution in [2.45, 2.75) is 39.0 Å². The fourth-order valence-corrected chi connectivity index (χ4v) is 1.12. The summed E-state index contributed by atoms with van der Waals surface area (Å²) in [6.45, 7) is 6.16. The van der Waals surface area contributed by atoms with Gasteiger partial charge in [-0.05, 0) is 18.6 Å². The van der Waals surface area contributed by atoms with Gasteiger partial charge in [0.25, 0.3) is 6.43 Å². The number of aromatic nitrogens is 1. The van der Waals surface area contributed by atoms with Crippen molar-refractivity contribution in [1.82, 2.24) is 4.98 Å². The first kappa shape index (κ1) is 11.1. The van der Waals surface area contributed by atoms with Crippen LogP contribution in [0.1, 0.15) is 44.9 Å². The fourth-order valence-electron chi connectivity index (χ4n) is 1.12. The summed E-state index contributed by atoms with van der Waals surface area (Å²) in [6, 6.07) is 3.13. The van der Waals surface area contributed by atoms with Crippen molar-refractivity contribution < 1.29 is 8.78 Å². The zero-order valence-electron chi connectivity index (χ0n) is 8.72. The lowest BCUT2D eigenvalue weighted by Gasteiger charge is -2.21. The van der Waals surface area contributed by atoms with Gasteiger partial charge in [-0.2, -0.15) is 0 Å². The van der Waals surface area contributed by atoms with E-state index in [4.69, 9.17) is 0 Å². The highest BCUT2D eigenvalue weighted by Crippen LogP contribution is 2.26. The fraction of sp³-hybridized carbons (Fsp3) is 0.545. The molecule has 0 amide bonds. The van der Waals surface area contributed by atoms with Crippen molar-refractivity contribution in [2.75, 3.05) is 0 Å². The van der Waals surface area contributed by atoms with Crippen LogP contribution < -0.4 is 0 Å². The van der Waals surface area contributed by atoms with E-state index in [1.165, 1.54) is 12.3 Å². The lowest BCUT2D eigenvalue weighted by molar-refractivity contribution is 0.151. The maximum atomic E-state index is 12.2. The van der Waals surface area contributed by atoms with Gasteiger partial charge in [0.15, 0.2) is 0 Å². The largest absolute Gasteiger partial charge is 0.265 e. The standard InChI is InChI=1S/C11H15F2N/c1-4-11(2,3)9-6-5-8(7-14-9)10(12)13/h5-7,10H,4H2,1-3H3. The number of nitrogens with zero attached hydrogens (tertiary/aromatic N) is 1. The average molecular weight is 199 g/mol. The maximum absolute atomic E-state index is 12.2. The topological polar surface area (TPSA) is 12.9 Å². The summed E-state index contributed by atoms with van der Waals surface area (Å²) in [7, 11) is 0. The van der Waals surface area contributed by atoms with Crippen molar-refractivity contribution in [1.29, 1.82) is 0 Å². The number of hydrogen-bond acceptors (Lipinski definition) is 1. The molecule has 0 saturated carbocycles. The Morgan fingerprint density at radius 1 is 1.36 bits per heavy atom. The Bertz CT molecular complexity index is 291. The molecule has 0 aliphatic heterocycles. The van der Waals surface area contributed by atoms with E-state index in [2.05, 4.69) is 25.8 Å². The highest BCUT2D eigenvalue weighted by Gasteiger charge is 2.19. The molecule has 0 aliphatic carbocycles. The molecule has 1 rings (SSSR count). The molecule has 0 radical (unpaired) electrons. The van der Waals surface area contributed by atoms with E-state index >= 15 is 0 Å². The van der Waals surface area contributed by atoms with Crippen LogP contribution in [0.5, 0.6) is 0 Å². The van der Waals surface area contributed by atoms with E-state index in [0.717, 1.165) is 12.1 Å². The molecular formula is C11H15F2N. The summed E-state index contributed by atoms with van der Waals surface area (Å²) >= 11 is 0. The van der Waals surface area contributed by atoms with Crippen LogP contribution in [0.2, 0.25) is 0 Å². The molecule has 78 valence electrons. The molecule has 0 bridgehead atoms. The van der Waals surface area contributed by atoms with Crippen LogP contribution in [-0.4, -0.2) is 4.98 Å². The first-order valence-electron chi connectivity index (χ1n) is 4.72. The Balaban J connectivity index is 2.94. The van der Waals surface area contributed by atoms with Gasteiger partial charge in [0.05, 0.1) is 0 Å². The van der Waals surface area contributed by atoms with E-state index in [0.29, 0.717) is 0 Å². The molecule has 1 nitrogen and oxygen atoms in total. The van der Waals surface area contributed by atoms with E-state index in [-0.39, 0.29) is 11.0 Å². The molecule has 0 fully saturated rings. The highest BCUT2D eigenvalue weighted by molar-refractivity contribution is 5.20. The van der Waals surface area contributed by atoms with Crippen LogP contribution >= 0.6 is 0 Å². The predicted octanol–water partition coefficient (Wildman–Crippen LogP) is 3.71. The molecule has 3 heteroatoms. The first-order valence-corrected chi connectivity index (χ1v) is 4.72. The number of pyridine rings is 1. The average Bonchev–Trinajstić information content (AvgIpc) is 2.18. The van der Waals surface area contributed by atoms with Gasteiger partial charge in [0, 0.05) is 22.9 Å². The van der Waals surface area contributed by atoms with Gasteiger partial charge in [0.1, 0.15) is 0 Å². The Hall–Kier alpha value is -0.990. The van der Waals surface area contributed by atoms with E-state index < -0.39 is 6.43 Å². The third-order valence-electron chi connectivity index (χ3n) is 2.62. The second-order valence-electron chi connectivity index (χ2n) is 4.01. The molecule has 1 aromatic rings. The number of hydrogen-bond donors (Lipinski definition) is 0. The summed E-state index contributed by atoms with van der Waals surface area (Å²) in [5, 5.41) is 0. The Kier molecular flexibility index (Phi) is 3.19. The molecular weight excluding hydrogens is 184 g/mol. The van der Waals surface area contributed by atoms with Crippen LogP contribution in [0.25, 0.3) is 0 Å². The summed E-state index contributed by atoms with van der Waals surface area (Å²) in [6.07, 6.45) is -0.230. The molecule has 0 N–H and O–H groups in total. The third kappa shape index (κ3) is 2.28. The highest BCUT2D eigenvalue weighted by atomic mass is 19.3. The monoisotopic (exact) mass is 199 g/mol. The van der Waals surface area contributed by atoms with Crippen LogP contribution in [0.4, 0.5) is 8.78 Å². The molecule has 0 atom stereocenters. The lowest BCUT2D eigenvalue weighted by Crippen LogP contribution is -2.17. The van der Waals surface area contributed by atoms with Crippen LogP contribution in [0.3, 0.4) is 0 Å². The normalized spacial score (nSPS) is 12.1. The summed E-state index contributed by atoms with van der Waals surface area (Å²) in [5.41, 5.74) is 0.811. The maximum Gasteiger partial charge on any atom is 0.265 e. The molecule has 1 aromatic heterocycles. The van der Waals surface area contributed by atoms with Gasteiger partial charge >= 0.3 is 0 Å². The number of rotatable bonds is 3. The van der Waals surface area contributed by atoms with Gasteiger partial charge in [-0.3, -0.25) is 4.98 Å². The van der Waals surface area contributed by atoms with Crippen molar-refractivity contribution in [2.24, 2.45) is 0 Å². The first-order chi connectivity index (χ1) is 6.47. The van der Waals surface area contributed by atoms with Gasteiger partial charge in [-0.1, -0.05) is 20.8 Å². The SMILES string of the molecule is CCC(C)(C)c1ccc(C(F)F)cn1. The quantitative estimate of drug-likeness (QED) is 0.723. The summed E-state index contributed by atoms with van der Waals surface area (Å²) < 4.78 is 24.5. The summed E-state index contributed by atoms with van der Waals surface area (Å²) in [5.74, 6) is 0. The minimum Gasteiger partial charge on any atom is -0.260 e. The van der Waals surface area contributed by atoms with Gasteiger partial charge < -0.3 is 0 Å². The zero-order valence-corrected chi connectivity index (χ0v) is 8.72. The lowest BCUT2D eigenvalue weighted by atomic mass is 9.86. The Morgan fingerprint density at radius 3 is 2.36 bits per heavy atom. The molecule has 14 heavy (non-hydrogen) atoms. The molecule has 0 aromatic carbocycles. The Labute approximate surface area is 83.2 Å².